The molecule has 0 unspecified atom stereocenters. The van der Waals surface area contributed by atoms with E-state index in [9.17, 15) is 4.79 Å². The maximum atomic E-state index is 11.0. The van der Waals surface area contributed by atoms with Crippen LogP contribution in [0.15, 0.2) is 139 Å². The fraction of sp³-hybridized carbons (Fsp3) is 0. The number of hydrogen-bond acceptors (Lipinski definition) is 3. The number of anilines is 3. The third kappa shape index (κ3) is 6.24. The van der Waals surface area contributed by atoms with Crippen LogP contribution < -0.4 is 4.90 Å². The first-order valence-corrected chi connectivity index (χ1v) is 12.8. The van der Waals surface area contributed by atoms with Gasteiger partial charge in [-0.15, -0.1) is 0 Å². The summed E-state index contributed by atoms with van der Waals surface area (Å²) in [6.07, 6.45) is 9.32. The van der Waals surface area contributed by atoms with Gasteiger partial charge in [-0.05, 0) is 69.9 Å². The van der Waals surface area contributed by atoms with Gasteiger partial charge in [-0.3, -0.25) is 0 Å². The zero-order chi connectivity index (χ0) is 27.7. The Morgan fingerprint density at radius 1 is 0.625 bits per heavy atom. The van der Waals surface area contributed by atoms with Crippen molar-refractivity contribution in [1.29, 1.82) is 5.26 Å². The molecule has 1 N–H and O–H groups in total. The van der Waals surface area contributed by atoms with E-state index in [2.05, 4.69) is 95.9 Å². The number of nitriles is 1. The second-order valence-corrected chi connectivity index (χ2v) is 9.15. The number of nitrogens with zero attached hydrogens (tertiary/aromatic N) is 2. The van der Waals surface area contributed by atoms with Gasteiger partial charge in [0, 0.05) is 17.1 Å². The predicted octanol–water partition coefficient (Wildman–Crippen LogP) is 9.03. The van der Waals surface area contributed by atoms with Crippen molar-refractivity contribution in [2.45, 2.75) is 0 Å². The summed E-state index contributed by atoms with van der Waals surface area (Å²) in [4.78, 5) is 13.3. The average Bonchev–Trinajstić information content (AvgIpc) is 3.00. The quantitative estimate of drug-likeness (QED) is 0.126. The molecule has 5 aromatic carbocycles. The first kappa shape index (κ1) is 26.0. The molecule has 5 rings (SSSR count). The SMILES string of the molecule is N#CC(=Cc1ccc(C=CC=Cc2ccc(N(c3ccccc3)c3ccc4ccccc4c3)cc2)cc1)C(=O)O. The minimum absolute atomic E-state index is 0.290. The highest BCUT2D eigenvalue weighted by Crippen LogP contribution is 2.36. The fourth-order valence-corrected chi connectivity index (χ4v) is 4.42. The lowest BCUT2D eigenvalue weighted by molar-refractivity contribution is -0.132. The summed E-state index contributed by atoms with van der Waals surface area (Å²) in [6, 6.07) is 42.8. The highest BCUT2D eigenvalue weighted by Gasteiger charge is 2.12. The van der Waals surface area contributed by atoms with E-state index in [-0.39, 0.29) is 5.57 Å². The Hall–Kier alpha value is -5.66. The molecule has 0 bridgehead atoms. The van der Waals surface area contributed by atoms with Gasteiger partial charge >= 0.3 is 5.97 Å². The molecule has 40 heavy (non-hydrogen) atoms. The first-order chi connectivity index (χ1) is 19.6. The Balaban J connectivity index is 1.32. The molecule has 0 radical (unpaired) electrons. The number of carboxylic acids is 1. The number of carbonyl (C=O) groups is 1. The molecule has 0 atom stereocenters. The summed E-state index contributed by atoms with van der Waals surface area (Å²) >= 11 is 0. The molecule has 0 fully saturated rings. The lowest BCUT2D eigenvalue weighted by Crippen LogP contribution is -2.09. The molecule has 0 amide bonds. The van der Waals surface area contributed by atoms with Crippen LogP contribution in [0.5, 0.6) is 0 Å². The lowest BCUT2D eigenvalue weighted by Gasteiger charge is -2.26. The number of carboxylic acid groups (broad SMARTS) is 1. The number of hydrogen-bond donors (Lipinski definition) is 1. The van der Waals surface area contributed by atoms with Gasteiger partial charge in [0.25, 0.3) is 0 Å². The van der Waals surface area contributed by atoms with Gasteiger partial charge in [0.15, 0.2) is 0 Å². The van der Waals surface area contributed by atoms with E-state index < -0.39 is 5.97 Å². The maximum absolute atomic E-state index is 11.0. The Labute approximate surface area is 233 Å². The molecule has 5 aromatic rings. The molecule has 0 saturated carbocycles. The van der Waals surface area contributed by atoms with E-state index >= 15 is 0 Å². The van der Waals surface area contributed by atoms with E-state index in [0.717, 1.165) is 28.2 Å². The minimum atomic E-state index is -1.23. The molecular formula is C36H26N2O2. The monoisotopic (exact) mass is 518 g/mol. The number of fused-ring (bicyclic) bond motifs is 1. The molecule has 4 heteroatoms. The molecule has 192 valence electrons. The largest absolute Gasteiger partial charge is 0.477 e. The molecule has 4 nitrogen and oxygen atoms in total. The van der Waals surface area contributed by atoms with Gasteiger partial charge in [-0.2, -0.15) is 5.26 Å². The van der Waals surface area contributed by atoms with Gasteiger partial charge in [0.2, 0.25) is 0 Å². The predicted molar refractivity (Wildman–Crippen MR) is 164 cm³/mol. The molecular weight excluding hydrogens is 492 g/mol. The average molecular weight is 519 g/mol. The van der Waals surface area contributed by atoms with E-state index in [1.54, 1.807) is 18.2 Å². The lowest BCUT2D eigenvalue weighted by atomic mass is 10.1. The topological polar surface area (TPSA) is 64.3 Å². The molecule has 0 aliphatic rings. The van der Waals surface area contributed by atoms with Crippen molar-refractivity contribution >= 4 is 52.0 Å². The molecule has 0 saturated heterocycles. The van der Waals surface area contributed by atoms with Gasteiger partial charge in [-0.25, -0.2) is 4.79 Å². The fourth-order valence-electron chi connectivity index (χ4n) is 4.42. The summed E-state index contributed by atoms with van der Waals surface area (Å²) < 4.78 is 0. The number of allylic oxidation sites excluding steroid dienone is 2. The van der Waals surface area contributed by atoms with Crippen LogP contribution in [0.2, 0.25) is 0 Å². The number of aliphatic carboxylic acids is 1. The highest BCUT2D eigenvalue weighted by atomic mass is 16.4. The number of rotatable bonds is 8. The van der Waals surface area contributed by atoms with Crippen LogP contribution in [-0.2, 0) is 4.79 Å². The Morgan fingerprint density at radius 2 is 1.15 bits per heavy atom. The van der Waals surface area contributed by atoms with Crippen LogP contribution in [0.1, 0.15) is 16.7 Å². The molecule has 0 spiro atoms. The third-order valence-electron chi connectivity index (χ3n) is 6.44. The molecule has 0 aromatic heterocycles. The Morgan fingerprint density at radius 3 is 1.77 bits per heavy atom. The molecule has 0 aliphatic carbocycles. The van der Waals surface area contributed by atoms with Crippen molar-refractivity contribution in [2.75, 3.05) is 4.90 Å². The minimum Gasteiger partial charge on any atom is -0.477 e. The zero-order valence-corrected chi connectivity index (χ0v) is 21.7. The van der Waals surface area contributed by atoms with E-state index in [1.165, 1.54) is 16.8 Å². The summed E-state index contributed by atoms with van der Waals surface area (Å²) in [6.45, 7) is 0. The standard InChI is InChI=1S/C36H26N2O2/c37-26-32(36(39)40)24-29-16-14-27(15-17-29)8-4-5-9-28-18-21-34(22-19-28)38(33-12-2-1-3-13-33)35-23-20-30-10-6-7-11-31(30)25-35/h1-25H,(H,39,40). The van der Waals surface area contributed by atoms with Crippen LogP contribution in [0.25, 0.3) is 29.0 Å². The Bertz CT molecular complexity index is 1760. The van der Waals surface area contributed by atoms with Crippen LogP contribution in [0.4, 0.5) is 17.1 Å². The maximum Gasteiger partial charge on any atom is 0.346 e. The smallest absolute Gasteiger partial charge is 0.346 e. The second kappa shape index (κ2) is 12.3. The van der Waals surface area contributed by atoms with Gasteiger partial charge < -0.3 is 10.0 Å². The van der Waals surface area contributed by atoms with Crippen molar-refractivity contribution in [3.63, 3.8) is 0 Å². The van der Waals surface area contributed by atoms with Crippen LogP contribution in [0, 0.1) is 11.3 Å². The third-order valence-corrected chi connectivity index (χ3v) is 6.44. The van der Waals surface area contributed by atoms with E-state index in [4.69, 9.17) is 10.4 Å². The number of para-hydroxylation sites is 1. The summed E-state index contributed by atoms with van der Waals surface area (Å²) in [5.41, 5.74) is 5.70. The second-order valence-electron chi connectivity index (χ2n) is 9.15. The van der Waals surface area contributed by atoms with Crippen LogP contribution in [-0.4, -0.2) is 11.1 Å². The van der Waals surface area contributed by atoms with Crippen LogP contribution in [0.3, 0.4) is 0 Å². The van der Waals surface area contributed by atoms with E-state index in [1.807, 2.05) is 42.5 Å². The number of benzene rings is 5. The normalized spacial score (nSPS) is 11.6. The van der Waals surface area contributed by atoms with Crippen molar-refractivity contribution in [3.8, 4) is 6.07 Å². The van der Waals surface area contributed by atoms with Gasteiger partial charge in [0.1, 0.15) is 11.6 Å². The van der Waals surface area contributed by atoms with Gasteiger partial charge in [0.05, 0.1) is 0 Å². The first-order valence-electron chi connectivity index (χ1n) is 12.8. The highest BCUT2D eigenvalue weighted by molar-refractivity contribution is 5.96. The van der Waals surface area contributed by atoms with Crippen molar-refractivity contribution in [1.82, 2.24) is 0 Å². The molecule has 0 aliphatic heterocycles. The Kier molecular flexibility index (Phi) is 7.96. The molecule has 0 heterocycles. The summed E-state index contributed by atoms with van der Waals surface area (Å²) in [7, 11) is 0. The van der Waals surface area contributed by atoms with Gasteiger partial charge in [-0.1, -0.05) is 109 Å². The summed E-state index contributed by atoms with van der Waals surface area (Å²) in [5, 5.41) is 20.3. The zero-order valence-electron chi connectivity index (χ0n) is 21.7. The van der Waals surface area contributed by atoms with Crippen molar-refractivity contribution < 1.29 is 9.90 Å². The van der Waals surface area contributed by atoms with E-state index in [0.29, 0.717) is 5.56 Å². The summed E-state index contributed by atoms with van der Waals surface area (Å²) in [5.74, 6) is -1.23. The van der Waals surface area contributed by atoms with Crippen molar-refractivity contribution in [3.05, 3.63) is 156 Å². The van der Waals surface area contributed by atoms with Crippen molar-refractivity contribution in [2.24, 2.45) is 0 Å². The van der Waals surface area contributed by atoms with Crippen LogP contribution >= 0.6 is 0 Å².